The van der Waals surface area contributed by atoms with E-state index in [0.29, 0.717) is 5.92 Å². The van der Waals surface area contributed by atoms with E-state index in [9.17, 15) is 4.57 Å². The van der Waals surface area contributed by atoms with Gasteiger partial charge >= 0.3 is 0 Å². The van der Waals surface area contributed by atoms with Gasteiger partial charge in [-0.1, -0.05) is 13.8 Å². The lowest BCUT2D eigenvalue weighted by Gasteiger charge is -2.14. The molecule has 0 aliphatic carbocycles. The largest absolute Gasteiger partial charge is 0.319 e. The summed E-state index contributed by atoms with van der Waals surface area (Å²) in [6.45, 7) is 7.72. The normalized spacial score (nSPS) is 12.1. The number of pyridine rings is 1. The molecule has 72 valence electrons. The van der Waals surface area contributed by atoms with Crippen molar-refractivity contribution in [2.24, 2.45) is 0 Å². The van der Waals surface area contributed by atoms with Crippen LogP contribution in [0.4, 0.5) is 0 Å². The summed E-state index contributed by atoms with van der Waals surface area (Å²) in [6, 6.07) is 3.77. The van der Waals surface area contributed by atoms with Crippen LogP contribution in [-0.2, 0) is 4.57 Å². The van der Waals surface area contributed by atoms with Crippen LogP contribution in [-0.4, -0.2) is 18.3 Å². The first-order valence-electron chi connectivity index (χ1n) is 4.43. The van der Waals surface area contributed by atoms with Gasteiger partial charge in [0, 0.05) is 11.5 Å². The molecular formula is C10H16NOP. The molecule has 0 fully saturated rings. The van der Waals surface area contributed by atoms with Crippen LogP contribution < -0.4 is 5.30 Å². The van der Waals surface area contributed by atoms with E-state index in [1.807, 2.05) is 12.1 Å². The van der Waals surface area contributed by atoms with Crippen LogP contribution in [0.5, 0.6) is 0 Å². The maximum Gasteiger partial charge on any atom is 0.111 e. The molecule has 13 heavy (non-hydrogen) atoms. The first-order valence-corrected chi connectivity index (χ1v) is 7.03. The van der Waals surface area contributed by atoms with E-state index in [2.05, 4.69) is 18.8 Å². The van der Waals surface area contributed by atoms with E-state index in [1.54, 1.807) is 19.5 Å². The summed E-state index contributed by atoms with van der Waals surface area (Å²) in [5.74, 6) is 0.337. The summed E-state index contributed by atoms with van der Waals surface area (Å²) >= 11 is 0. The Balaban J connectivity index is 3.29. The van der Waals surface area contributed by atoms with Gasteiger partial charge in [-0.2, -0.15) is 0 Å². The summed E-state index contributed by atoms with van der Waals surface area (Å²) in [5, 5.41) is 0.921. The van der Waals surface area contributed by atoms with Gasteiger partial charge in [-0.3, -0.25) is 4.98 Å². The third-order valence-electron chi connectivity index (χ3n) is 1.94. The smallest absolute Gasteiger partial charge is 0.111 e. The fourth-order valence-electron chi connectivity index (χ4n) is 1.31. The fourth-order valence-corrected chi connectivity index (χ4v) is 2.62. The van der Waals surface area contributed by atoms with Crippen molar-refractivity contribution >= 4 is 12.4 Å². The van der Waals surface area contributed by atoms with Crippen molar-refractivity contribution < 1.29 is 4.57 Å². The Morgan fingerprint density at radius 3 is 2.38 bits per heavy atom. The second kappa shape index (κ2) is 3.63. The maximum absolute atomic E-state index is 11.9. The van der Waals surface area contributed by atoms with Gasteiger partial charge in [0.05, 0.1) is 5.69 Å². The lowest BCUT2D eigenvalue weighted by atomic mass is 10.1. The summed E-state index contributed by atoms with van der Waals surface area (Å²) < 4.78 is 11.9. The maximum atomic E-state index is 11.9. The van der Waals surface area contributed by atoms with E-state index in [4.69, 9.17) is 0 Å². The quantitative estimate of drug-likeness (QED) is 0.681. The molecule has 0 unspecified atom stereocenters. The van der Waals surface area contributed by atoms with E-state index in [1.165, 1.54) is 0 Å². The number of nitrogens with zero attached hydrogens (tertiary/aromatic N) is 1. The number of rotatable bonds is 2. The average molecular weight is 197 g/mol. The minimum absolute atomic E-state index is 0.337. The molecule has 0 saturated heterocycles. The Hall–Kier alpha value is -0.620. The third-order valence-corrected chi connectivity index (χ3v) is 3.48. The molecule has 0 bridgehead atoms. The van der Waals surface area contributed by atoms with Crippen LogP contribution in [0.3, 0.4) is 0 Å². The number of hydrogen-bond acceptors (Lipinski definition) is 2. The van der Waals surface area contributed by atoms with Crippen molar-refractivity contribution in [3.05, 3.63) is 24.0 Å². The first-order chi connectivity index (χ1) is 5.93. The first kappa shape index (κ1) is 10.5. The minimum Gasteiger partial charge on any atom is -0.319 e. The molecule has 0 saturated carbocycles. The van der Waals surface area contributed by atoms with Gasteiger partial charge in [-0.25, -0.2) is 0 Å². The van der Waals surface area contributed by atoms with Crippen LogP contribution in [0.25, 0.3) is 0 Å². The van der Waals surface area contributed by atoms with E-state index >= 15 is 0 Å². The summed E-state index contributed by atoms with van der Waals surface area (Å²) in [4.78, 5) is 4.27. The average Bonchev–Trinajstić information content (AvgIpc) is 2.03. The topological polar surface area (TPSA) is 30.0 Å². The van der Waals surface area contributed by atoms with Gasteiger partial charge < -0.3 is 4.57 Å². The Bertz CT molecular complexity index is 341. The second-order valence-electron chi connectivity index (χ2n) is 3.91. The van der Waals surface area contributed by atoms with Crippen molar-refractivity contribution in [3.63, 3.8) is 0 Å². The van der Waals surface area contributed by atoms with Crippen molar-refractivity contribution in [1.29, 1.82) is 0 Å². The summed E-state index contributed by atoms with van der Waals surface area (Å²) in [6.07, 6.45) is 1.76. The fraction of sp³-hybridized carbons (Fsp3) is 0.500. The molecule has 0 atom stereocenters. The van der Waals surface area contributed by atoms with E-state index in [0.717, 1.165) is 11.0 Å². The van der Waals surface area contributed by atoms with Gasteiger partial charge in [0.2, 0.25) is 0 Å². The molecule has 0 radical (unpaired) electrons. The van der Waals surface area contributed by atoms with Crippen molar-refractivity contribution in [1.82, 2.24) is 4.98 Å². The molecule has 1 heterocycles. The Morgan fingerprint density at radius 1 is 1.38 bits per heavy atom. The standard InChI is InChI=1S/C10H16NOP/c1-8(2)10-9(13(3,4)12)6-5-7-11-10/h5-8H,1-4H3. The van der Waals surface area contributed by atoms with E-state index < -0.39 is 7.14 Å². The van der Waals surface area contributed by atoms with Crippen LogP contribution in [0, 0.1) is 0 Å². The Labute approximate surface area is 79.8 Å². The van der Waals surface area contributed by atoms with Crippen LogP contribution in [0.15, 0.2) is 18.3 Å². The molecule has 0 aliphatic rings. The van der Waals surface area contributed by atoms with Crippen molar-refractivity contribution in [2.45, 2.75) is 19.8 Å². The highest BCUT2D eigenvalue weighted by molar-refractivity contribution is 7.70. The second-order valence-corrected chi connectivity index (χ2v) is 7.10. The Morgan fingerprint density at radius 2 is 2.00 bits per heavy atom. The predicted molar refractivity (Wildman–Crippen MR) is 57.4 cm³/mol. The molecular weight excluding hydrogens is 181 g/mol. The summed E-state index contributed by atoms with van der Waals surface area (Å²) in [5.41, 5.74) is 0.968. The van der Waals surface area contributed by atoms with Crippen LogP contribution in [0.2, 0.25) is 0 Å². The van der Waals surface area contributed by atoms with Crippen molar-refractivity contribution in [3.8, 4) is 0 Å². The lowest BCUT2D eigenvalue weighted by molar-refractivity contribution is 0.588. The monoisotopic (exact) mass is 197 g/mol. The number of aromatic nitrogens is 1. The van der Waals surface area contributed by atoms with Crippen LogP contribution in [0.1, 0.15) is 25.5 Å². The molecule has 0 aliphatic heterocycles. The number of hydrogen-bond donors (Lipinski definition) is 0. The van der Waals surface area contributed by atoms with Gasteiger partial charge in [0.15, 0.2) is 0 Å². The molecule has 1 aromatic rings. The molecule has 0 aromatic carbocycles. The molecule has 0 amide bonds. The molecule has 0 spiro atoms. The molecule has 1 rings (SSSR count). The van der Waals surface area contributed by atoms with E-state index in [-0.39, 0.29) is 0 Å². The zero-order valence-corrected chi connectivity index (χ0v) is 9.51. The highest BCUT2D eigenvalue weighted by Gasteiger charge is 2.17. The SMILES string of the molecule is CC(C)c1ncccc1P(C)(C)=O. The molecule has 2 nitrogen and oxygen atoms in total. The Kier molecular flexibility index (Phi) is 2.92. The molecule has 1 aromatic heterocycles. The minimum atomic E-state index is -2.17. The third kappa shape index (κ3) is 2.41. The molecule has 3 heteroatoms. The highest BCUT2D eigenvalue weighted by Crippen LogP contribution is 2.36. The summed E-state index contributed by atoms with van der Waals surface area (Å²) in [7, 11) is -2.17. The van der Waals surface area contributed by atoms with Gasteiger partial charge in [-0.15, -0.1) is 0 Å². The van der Waals surface area contributed by atoms with Gasteiger partial charge in [0.1, 0.15) is 7.14 Å². The predicted octanol–water partition coefficient (Wildman–Crippen LogP) is 2.45. The van der Waals surface area contributed by atoms with Gasteiger partial charge in [0.25, 0.3) is 0 Å². The van der Waals surface area contributed by atoms with Crippen molar-refractivity contribution in [2.75, 3.05) is 13.3 Å². The zero-order chi connectivity index (χ0) is 10.1. The highest BCUT2D eigenvalue weighted by atomic mass is 31.2. The van der Waals surface area contributed by atoms with Gasteiger partial charge in [-0.05, 0) is 31.4 Å². The molecule has 0 N–H and O–H groups in total. The zero-order valence-electron chi connectivity index (χ0n) is 8.61. The van der Waals surface area contributed by atoms with Crippen LogP contribution >= 0.6 is 7.14 Å². The lowest BCUT2D eigenvalue weighted by Crippen LogP contribution is -2.13.